The molecule has 0 unspecified atom stereocenters. The number of aromatic amines is 1. The molecule has 0 aliphatic heterocycles. The number of para-hydroxylation sites is 1. The average Bonchev–Trinajstić information content (AvgIpc) is 2.66. The minimum atomic E-state index is 0.122. The zero-order valence-corrected chi connectivity index (χ0v) is 8.95. The molecule has 2 rings (SSSR count). The van der Waals surface area contributed by atoms with Crippen molar-refractivity contribution in [3.63, 3.8) is 0 Å². The number of rotatable bonds is 2. The van der Waals surface area contributed by atoms with E-state index in [1.165, 1.54) is 0 Å². The van der Waals surface area contributed by atoms with E-state index in [1.807, 2.05) is 30.5 Å². The first-order valence-electron chi connectivity index (χ1n) is 4.93. The quantitative estimate of drug-likeness (QED) is 0.792. The Labute approximate surface area is 88.7 Å². The van der Waals surface area contributed by atoms with Crippen molar-refractivity contribution in [3.8, 4) is 0 Å². The van der Waals surface area contributed by atoms with E-state index < -0.39 is 0 Å². The van der Waals surface area contributed by atoms with Crippen LogP contribution in [-0.2, 0) is 11.2 Å². The van der Waals surface area contributed by atoms with Gasteiger partial charge in [0.1, 0.15) is 0 Å². The van der Waals surface area contributed by atoms with Crippen molar-refractivity contribution in [2.45, 2.75) is 6.42 Å². The summed E-state index contributed by atoms with van der Waals surface area (Å²) in [5, 5.41) is 1.15. The lowest BCUT2D eigenvalue weighted by molar-refractivity contribution is -0.127. The van der Waals surface area contributed by atoms with Crippen LogP contribution >= 0.6 is 0 Å². The van der Waals surface area contributed by atoms with Gasteiger partial charge in [-0.05, 0) is 17.0 Å². The van der Waals surface area contributed by atoms with E-state index in [1.54, 1.807) is 19.0 Å². The molecule has 3 heteroatoms. The highest BCUT2D eigenvalue weighted by Crippen LogP contribution is 2.17. The fourth-order valence-electron chi connectivity index (χ4n) is 1.62. The van der Waals surface area contributed by atoms with Gasteiger partial charge in [-0.25, -0.2) is 0 Å². The summed E-state index contributed by atoms with van der Waals surface area (Å²) in [5.41, 5.74) is 2.11. The van der Waals surface area contributed by atoms with Gasteiger partial charge in [-0.15, -0.1) is 0 Å². The predicted molar refractivity (Wildman–Crippen MR) is 60.7 cm³/mol. The number of likely N-dealkylation sites (N-methyl/N-ethyl adjacent to an activating group) is 1. The highest BCUT2D eigenvalue weighted by Gasteiger charge is 2.08. The summed E-state index contributed by atoms with van der Waals surface area (Å²) < 4.78 is 0. The molecule has 1 N–H and O–H groups in total. The standard InChI is InChI=1S/C12H14N2O/c1-14(2)11(15)8-10-5-3-4-9-6-7-13-12(9)10/h3-7,13H,8H2,1-2H3. The van der Waals surface area contributed by atoms with Gasteiger partial charge in [0.2, 0.25) is 5.91 Å². The van der Waals surface area contributed by atoms with Crippen molar-refractivity contribution in [1.82, 2.24) is 9.88 Å². The Balaban J connectivity index is 2.35. The molecular weight excluding hydrogens is 188 g/mol. The van der Waals surface area contributed by atoms with E-state index in [0.717, 1.165) is 16.5 Å². The fourth-order valence-corrected chi connectivity index (χ4v) is 1.62. The van der Waals surface area contributed by atoms with Crippen molar-refractivity contribution in [3.05, 3.63) is 36.0 Å². The van der Waals surface area contributed by atoms with Crippen LogP contribution < -0.4 is 0 Å². The Bertz CT molecular complexity index is 485. The van der Waals surface area contributed by atoms with Gasteiger partial charge in [-0.2, -0.15) is 0 Å². The first kappa shape index (κ1) is 9.77. The van der Waals surface area contributed by atoms with Crippen LogP contribution in [0.25, 0.3) is 10.9 Å². The molecule has 1 aromatic carbocycles. The third kappa shape index (κ3) is 1.86. The van der Waals surface area contributed by atoms with Crippen LogP contribution in [0.4, 0.5) is 0 Å². The van der Waals surface area contributed by atoms with Crippen LogP contribution in [0, 0.1) is 0 Å². The number of fused-ring (bicyclic) bond motifs is 1. The zero-order valence-electron chi connectivity index (χ0n) is 8.95. The zero-order chi connectivity index (χ0) is 10.8. The van der Waals surface area contributed by atoms with Crippen LogP contribution in [0.3, 0.4) is 0 Å². The van der Waals surface area contributed by atoms with Gasteiger partial charge in [0.25, 0.3) is 0 Å². The second kappa shape index (κ2) is 3.77. The van der Waals surface area contributed by atoms with Crippen LogP contribution in [0.15, 0.2) is 30.5 Å². The molecule has 0 radical (unpaired) electrons. The van der Waals surface area contributed by atoms with Gasteiger partial charge in [0.15, 0.2) is 0 Å². The largest absolute Gasteiger partial charge is 0.361 e. The summed E-state index contributed by atoms with van der Waals surface area (Å²) >= 11 is 0. The number of hydrogen-bond donors (Lipinski definition) is 1. The molecule has 3 nitrogen and oxygen atoms in total. The van der Waals surface area contributed by atoms with E-state index in [0.29, 0.717) is 6.42 Å². The summed E-state index contributed by atoms with van der Waals surface area (Å²) in [4.78, 5) is 16.4. The fraction of sp³-hybridized carbons (Fsp3) is 0.250. The van der Waals surface area contributed by atoms with E-state index in [-0.39, 0.29) is 5.91 Å². The third-order valence-corrected chi connectivity index (χ3v) is 2.51. The Hall–Kier alpha value is -1.77. The number of nitrogens with one attached hydrogen (secondary N) is 1. The Morgan fingerprint density at radius 2 is 2.13 bits per heavy atom. The number of aromatic nitrogens is 1. The highest BCUT2D eigenvalue weighted by atomic mass is 16.2. The maximum Gasteiger partial charge on any atom is 0.226 e. The lowest BCUT2D eigenvalue weighted by atomic mass is 10.1. The monoisotopic (exact) mass is 202 g/mol. The van der Waals surface area contributed by atoms with E-state index in [2.05, 4.69) is 4.98 Å². The number of nitrogens with zero attached hydrogens (tertiary/aromatic N) is 1. The molecular formula is C12H14N2O. The maximum absolute atomic E-state index is 11.6. The normalized spacial score (nSPS) is 10.5. The number of H-pyrrole nitrogens is 1. The van der Waals surface area contributed by atoms with Gasteiger partial charge >= 0.3 is 0 Å². The second-order valence-corrected chi connectivity index (χ2v) is 3.82. The molecule has 1 heterocycles. The molecule has 78 valence electrons. The molecule has 0 spiro atoms. The molecule has 0 fully saturated rings. The van der Waals surface area contributed by atoms with Crippen LogP contribution in [0.1, 0.15) is 5.56 Å². The van der Waals surface area contributed by atoms with Gasteiger partial charge in [0.05, 0.1) is 6.42 Å². The Morgan fingerprint density at radius 3 is 2.87 bits per heavy atom. The first-order chi connectivity index (χ1) is 7.18. The number of carbonyl (C=O) groups is 1. The molecule has 1 amide bonds. The molecule has 0 saturated heterocycles. The minimum Gasteiger partial charge on any atom is -0.361 e. The molecule has 0 saturated carbocycles. The lowest BCUT2D eigenvalue weighted by Gasteiger charge is -2.10. The van der Waals surface area contributed by atoms with Crippen molar-refractivity contribution in [1.29, 1.82) is 0 Å². The molecule has 15 heavy (non-hydrogen) atoms. The van der Waals surface area contributed by atoms with Gasteiger partial charge in [0, 0.05) is 25.8 Å². The topological polar surface area (TPSA) is 36.1 Å². The summed E-state index contributed by atoms with van der Waals surface area (Å²) in [7, 11) is 3.55. The van der Waals surface area contributed by atoms with Crippen molar-refractivity contribution >= 4 is 16.8 Å². The van der Waals surface area contributed by atoms with Crippen LogP contribution in [0.2, 0.25) is 0 Å². The number of carbonyl (C=O) groups excluding carboxylic acids is 1. The second-order valence-electron chi connectivity index (χ2n) is 3.82. The third-order valence-electron chi connectivity index (χ3n) is 2.51. The Kier molecular flexibility index (Phi) is 2.46. The van der Waals surface area contributed by atoms with Gasteiger partial charge in [-0.1, -0.05) is 18.2 Å². The molecule has 2 aromatic rings. The number of hydrogen-bond acceptors (Lipinski definition) is 1. The molecule has 1 aromatic heterocycles. The van der Waals surface area contributed by atoms with E-state index in [9.17, 15) is 4.79 Å². The molecule has 0 atom stereocenters. The first-order valence-corrected chi connectivity index (χ1v) is 4.93. The molecule has 0 bridgehead atoms. The predicted octanol–water partition coefficient (Wildman–Crippen LogP) is 1.80. The van der Waals surface area contributed by atoms with Crippen molar-refractivity contribution in [2.75, 3.05) is 14.1 Å². The van der Waals surface area contributed by atoms with Crippen LogP contribution in [-0.4, -0.2) is 29.9 Å². The van der Waals surface area contributed by atoms with Gasteiger partial charge < -0.3 is 9.88 Å². The molecule has 0 aliphatic rings. The van der Waals surface area contributed by atoms with Crippen LogP contribution in [0.5, 0.6) is 0 Å². The SMILES string of the molecule is CN(C)C(=O)Cc1cccc2cc[nH]c12. The Morgan fingerprint density at radius 1 is 1.33 bits per heavy atom. The van der Waals surface area contributed by atoms with E-state index in [4.69, 9.17) is 0 Å². The van der Waals surface area contributed by atoms with E-state index >= 15 is 0 Å². The van der Waals surface area contributed by atoms with Crippen molar-refractivity contribution < 1.29 is 4.79 Å². The lowest BCUT2D eigenvalue weighted by Crippen LogP contribution is -2.23. The van der Waals surface area contributed by atoms with Crippen molar-refractivity contribution in [2.24, 2.45) is 0 Å². The minimum absolute atomic E-state index is 0.122. The smallest absolute Gasteiger partial charge is 0.226 e. The summed E-state index contributed by atoms with van der Waals surface area (Å²) in [6, 6.07) is 8.02. The summed E-state index contributed by atoms with van der Waals surface area (Å²) in [6.07, 6.45) is 2.35. The average molecular weight is 202 g/mol. The van der Waals surface area contributed by atoms with Gasteiger partial charge in [-0.3, -0.25) is 4.79 Å². The maximum atomic E-state index is 11.6. The summed E-state index contributed by atoms with van der Waals surface area (Å²) in [6.45, 7) is 0. The summed E-state index contributed by atoms with van der Waals surface area (Å²) in [5.74, 6) is 0.122. The number of amides is 1. The number of benzene rings is 1. The molecule has 0 aliphatic carbocycles. The highest BCUT2D eigenvalue weighted by molar-refractivity contribution is 5.87.